The number of hydrogen-bond acceptors (Lipinski definition) is 2. The number of hydrogen-bond donors (Lipinski definition) is 0. The molecule has 3 rings (SSSR count). The van der Waals surface area contributed by atoms with Crippen molar-refractivity contribution in [3.63, 3.8) is 0 Å². The molecule has 0 aliphatic carbocycles. The van der Waals surface area contributed by atoms with E-state index in [2.05, 4.69) is 26.3 Å². The smallest absolute Gasteiger partial charge is 0.207 e. The van der Waals surface area contributed by atoms with Crippen LogP contribution < -0.4 is 0 Å². The largest absolute Gasteiger partial charge is 0.261 e. The van der Waals surface area contributed by atoms with E-state index in [4.69, 9.17) is 10.7 Å². The second kappa shape index (κ2) is 13.2. The second-order valence-electron chi connectivity index (χ2n) is 5.86. The fraction of sp³-hybridized carbons (Fsp3) is 0. The van der Waals surface area contributed by atoms with E-state index in [0.29, 0.717) is 0 Å². The predicted octanol–water partition coefficient (Wildman–Crippen LogP) is 7.56. The Morgan fingerprint density at radius 3 is 1.30 bits per heavy atom. The molecule has 0 saturated heterocycles. The normalized spacial score (nSPS) is 9.63. The lowest BCUT2D eigenvalue weighted by Gasteiger charge is -1.96. The van der Waals surface area contributed by atoms with E-state index in [0.717, 1.165) is 16.7 Å². The Balaban J connectivity index is 0.000000230. The number of benzene rings is 3. The van der Waals surface area contributed by atoms with E-state index in [1.165, 1.54) is 17.7 Å². The summed E-state index contributed by atoms with van der Waals surface area (Å²) in [7, 11) is 1.51. The molecule has 30 heavy (non-hydrogen) atoms. The minimum absolute atomic E-state index is 0.106. The molecule has 0 radical (unpaired) electrons. The minimum Gasteiger partial charge on any atom is -0.207 e. The molecule has 0 bridgehead atoms. The summed E-state index contributed by atoms with van der Waals surface area (Å²) >= 11 is 0. The second-order valence-corrected chi connectivity index (χ2v) is 8.43. The summed E-state index contributed by atoms with van der Waals surface area (Å²) < 4.78 is 21.5. The maximum Gasteiger partial charge on any atom is 0.261 e. The molecule has 0 aliphatic heterocycles. The SMILES string of the molecule is C=Cc1ccc(S(=O)(=O)Cl)cc1.C=Cc1ccccc1.C=Cc1ccccc1C=C. The van der Waals surface area contributed by atoms with Crippen molar-refractivity contribution in [3.05, 3.63) is 127 Å². The molecule has 3 aromatic carbocycles. The molecule has 2 nitrogen and oxygen atoms in total. The van der Waals surface area contributed by atoms with Crippen LogP contribution in [-0.4, -0.2) is 8.42 Å². The molecular weight excluding hydrogens is 412 g/mol. The molecule has 0 N–H and O–H groups in total. The molecular formula is C26H25ClO2S. The third-order valence-corrected chi connectivity index (χ3v) is 5.24. The van der Waals surface area contributed by atoms with E-state index in [1.54, 1.807) is 18.2 Å². The molecule has 0 fully saturated rings. The molecule has 0 unspecified atom stereocenters. The van der Waals surface area contributed by atoms with Crippen molar-refractivity contribution >= 4 is 44.0 Å². The summed E-state index contributed by atoms with van der Waals surface area (Å²) in [5.74, 6) is 0. The minimum atomic E-state index is -3.59. The average molecular weight is 437 g/mol. The van der Waals surface area contributed by atoms with Crippen LogP contribution in [0.4, 0.5) is 0 Å². The molecule has 0 spiro atoms. The lowest BCUT2D eigenvalue weighted by Crippen LogP contribution is -1.89. The van der Waals surface area contributed by atoms with E-state index in [9.17, 15) is 8.42 Å². The molecule has 0 amide bonds. The first kappa shape index (κ1) is 24.9. The maximum absolute atomic E-state index is 10.8. The Morgan fingerprint density at radius 2 is 0.967 bits per heavy atom. The van der Waals surface area contributed by atoms with Gasteiger partial charge in [-0.25, -0.2) is 8.42 Å². The first-order valence-electron chi connectivity index (χ1n) is 9.04. The number of halogens is 1. The summed E-state index contributed by atoms with van der Waals surface area (Å²) in [6, 6.07) is 24.2. The van der Waals surface area contributed by atoms with E-state index in [-0.39, 0.29) is 4.90 Å². The summed E-state index contributed by atoms with van der Waals surface area (Å²) in [5, 5.41) is 0. The Bertz CT molecular complexity index is 1040. The van der Waals surface area contributed by atoms with Crippen LogP contribution in [0, 0.1) is 0 Å². The fourth-order valence-electron chi connectivity index (χ4n) is 2.24. The standard InChI is InChI=1S/C10H10.C8H7ClO2S.C8H8/c1-3-9-7-5-6-8-10(9)4-2;1-2-7-3-5-8(6-4-7)12(9,10)11;1-2-8-6-4-3-5-7-8/h3-8H,1-2H2;2-6H,1H2;2-7H,1H2. The monoisotopic (exact) mass is 436 g/mol. The van der Waals surface area contributed by atoms with Gasteiger partial charge in [-0.1, -0.05) is 117 Å². The third-order valence-electron chi connectivity index (χ3n) is 3.87. The molecule has 4 heteroatoms. The molecule has 0 aliphatic rings. The van der Waals surface area contributed by atoms with Crippen molar-refractivity contribution in [1.29, 1.82) is 0 Å². The maximum atomic E-state index is 10.8. The summed E-state index contributed by atoms with van der Waals surface area (Å²) in [6.07, 6.45) is 7.12. The van der Waals surface area contributed by atoms with Crippen molar-refractivity contribution in [2.24, 2.45) is 0 Å². The fourth-order valence-corrected chi connectivity index (χ4v) is 3.01. The van der Waals surface area contributed by atoms with E-state index < -0.39 is 9.05 Å². The highest BCUT2D eigenvalue weighted by atomic mass is 35.7. The van der Waals surface area contributed by atoms with E-state index in [1.807, 2.05) is 72.8 Å². The summed E-state index contributed by atoms with van der Waals surface area (Å²) in [6.45, 7) is 14.6. The Morgan fingerprint density at radius 1 is 0.567 bits per heavy atom. The van der Waals surface area contributed by atoms with Crippen LogP contribution in [0.25, 0.3) is 24.3 Å². The molecule has 0 saturated carbocycles. The first-order valence-corrected chi connectivity index (χ1v) is 11.3. The first-order chi connectivity index (χ1) is 14.3. The van der Waals surface area contributed by atoms with Gasteiger partial charge in [0.05, 0.1) is 4.90 Å². The predicted molar refractivity (Wildman–Crippen MR) is 133 cm³/mol. The highest BCUT2D eigenvalue weighted by Gasteiger charge is 2.07. The van der Waals surface area contributed by atoms with Crippen molar-refractivity contribution in [2.45, 2.75) is 4.90 Å². The van der Waals surface area contributed by atoms with Crippen molar-refractivity contribution in [3.8, 4) is 0 Å². The summed E-state index contributed by atoms with van der Waals surface area (Å²) in [5.41, 5.74) is 4.31. The zero-order valence-electron chi connectivity index (χ0n) is 16.7. The van der Waals surface area contributed by atoms with Gasteiger partial charge in [-0.3, -0.25) is 0 Å². The molecule has 0 atom stereocenters. The van der Waals surface area contributed by atoms with Gasteiger partial charge in [0.15, 0.2) is 0 Å². The van der Waals surface area contributed by atoms with Gasteiger partial charge in [0, 0.05) is 10.7 Å². The highest BCUT2D eigenvalue weighted by Crippen LogP contribution is 2.15. The van der Waals surface area contributed by atoms with Gasteiger partial charge < -0.3 is 0 Å². The quantitative estimate of drug-likeness (QED) is 0.386. The summed E-state index contributed by atoms with van der Waals surface area (Å²) in [4.78, 5) is 0.106. The molecule has 3 aromatic rings. The lowest BCUT2D eigenvalue weighted by molar-refractivity contribution is 0.609. The van der Waals surface area contributed by atoms with Gasteiger partial charge in [0.25, 0.3) is 9.05 Å². The van der Waals surface area contributed by atoms with Crippen LogP contribution in [0.1, 0.15) is 22.3 Å². The van der Waals surface area contributed by atoms with Gasteiger partial charge in [-0.15, -0.1) is 0 Å². The van der Waals surface area contributed by atoms with Crippen molar-refractivity contribution < 1.29 is 8.42 Å². The molecule has 0 aromatic heterocycles. The zero-order chi connectivity index (χ0) is 22.4. The van der Waals surface area contributed by atoms with Gasteiger partial charge in [0.2, 0.25) is 0 Å². The van der Waals surface area contributed by atoms with Crippen LogP contribution in [0.15, 0.2) is 110 Å². The van der Waals surface area contributed by atoms with Gasteiger partial charge in [-0.05, 0) is 34.4 Å². The van der Waals surface area contributed by atoms with Crippen LogP contribution in [0.2, 0.25) is 0 Å². The van der Waals surface area contributed by atoms with Crippen LogP contribution in [0.3, 0.4) is 0 Å². The average Bonchev–Trinajstić information content (AvgIpc) is 2.79. The molecule has 0 heterocycles. The highest BCUT2D eigenvalue weighted by molar-refractivity contribution is 8.13. The topological polar surface area (TPSA) is 34.1 Å². The zero-order valence-corrected chi connectivity index (χ0v) is 18.3. The van der Waals surface area contributed by atoms with Crippen LogP contribution in [-0.2, 0) is 9.05 Å². The van der Waals surface area contributed by atoms with Crippen molar-refractivity contribution in [1.82, 2.24) is 0 Å². The Kier molecular flexibility index (Phi) is 10.9. The van der Waals surface area contributed by atoms with Gasteiger partial charge in [-0.2, -0.15) is 0 Å². The van der Waals surface area contributed by atoms with E-state index >= 15 is 0 Å². The third kappa shape index (κ3) is 8.91. The Hall–Kier alpha value is -3.14. The molecule has 154 valence electrons. The van der Waals surface area contributed by atoms with Crippen LogP contribution in [0.5, 0.6) is 0 Å². The Labute approximate surface area is 184 Å². The number of rotatable bonds is 5. The van der Waals surface area contributed by atoms with Crippen molar-refractivity contribution in [2.75, 3.05) is 0 Å². The lowest BCUT2D eigenvalue weighted by atomic mass is 10.1. The van der Waals surface area contributed by atoms with Gasteiger partial charge >= 0.3 is 0 Å². The van der Waals surface area contributed by atoms with Gasteiger partial charge in [0.1, 0.15) is 0 Å². The van der Waals surface area contributed by atoms with Crippen LogP contribution >= 0.6 is 10.7 Å².